The molecule has 17 heavy (non-hydrogen) atoms. The predicted molar refractivity (Wildman–Crippen MR) is 65.6 cm³/mol. The highest BCUT2D eigenvalue weighted by atomic mass is 16.6. The molecule has 1 aromatic carbocycles. The fourth-order valence-corrected chi connectivity index (χ4v) is 1.60. The maximum Gasteiger partial charge on any atom is 0.226 e. The Hall–Kier alpha value is -1.71. The van der Waals surface area contributed by atoms with Crippen molar-refractivity contribution in [3.63, 3.8) is 0 Å². The SMILES string of the molecule is Cc1cc2c(cc1NC(=O)C(C)C)OCCO2. The highest BCUT2D eigenvalue weighted by Crippen LogP contribution is 2.35. The molecule has 0 aromatic heterocycles. The minimum atomic E-state index is -0.0393. The van der Waals surface area contributed by atoms with E-state index in [9.17, 15) is 4.79 Å². The maximum absolute atomic E-state index is 11.6. The molecule has 4 nitrogen and oxygen atoms in total. The number of benzene rings is 1. The molecule has 0 atom stereocenters. The summed E-state index contributed by atoms with van der Waals surface area (Å²) in [7, 11) is 0. The van der Waals surface area contributed by atoms with Crippen LogP contribution in [0.1, 0.15) is 19.4 Å². The smallest absolute Gasteiger partial charge is 0.226 e. The lowest BCUT2D eigenvalue weighted by atomic mass is 10.1. The topological polar surface area (TPSA) is 47.6 Å². The molecule has 2 rings (SSSR count). The van der Waals surface area contributed by atoms with E-state index >= 15 is 0 Å². The number of hydrogen-bond acceptors (Lipinski definition) is 3. The summed E-state index contributed by atoms with van der Waals surface area (Å²) < 4.78 is 11.0. The average molecular weight is 235 g/mol. The van der Waals surface area contributed by atoms with Crippen molar-refractivity contribution in [2.45, 2.75) is 20.8 Å². The van der Waals surface area contributed by atoms with Crippen molar-refractivity contribution in [3.05, 3.63) is 17.7 Å². The van der Waals surface area contributed by atoms with Gasteiger partial charge < -0.3 is 14.8 Å². The van der Waals surface area contributed by atoms with Crippen LogP contribution in [0.5, 0.6) is 11.5 Å². The zero-order valence-electron chi connectivity index (χ0n) is 10.4. The minimum absolute atomic E-state index is 0.00442. The second kappa shape index (κ2) is 4.65. The Morgan fingerprint density at radius 1 is 1.24 bits per heavy atom. The van der Waals surface area contributed by atoms with E-state index < -0.39 is 0 Å². The summed E-state index contributed by atoms with van der Waals surface area (Å²) in [5, 5.41) is 2.89. The van der Waals surface area contributed by atoms with Crippen molar-refractivity contribution in [1.29, 1.82) is 0 Å². The molecule has 1 aliphatic heterocycles. The van der Waals surface area contributed by atoms with E-state index in [1.807, 2.05) is 32.9 Å². The van der Waals surface area contributed by atoms with Crippen LogP contribution in [0.4, 0.5) is 5.69 Å². The Morgan fingerprint density at radius 2 is 1.82 bits per heavy atom. The summed E-state index contributed by atoms with van der Waals surface area (Å²) in [6.07, 6.45) is 0. The molecule has 0 saturated carbocycles. The van der Waals surface area contributed by atoms with Crippen LogP contribution in [0.25, 0.3) is 0 Å². The minimum Gasteiger partial charge on any atom is -0.486 e. The second-order valence-electron chi connectivity index (χ2n) is 4.45. The molecule has 1 aromatic rings. The van der Waals surface area contributed by atoms with Crippen LogP contribution >= 0.6 is 0 Å². The first-order valence-electron chi connectivity index (χ1n) is 5.79. The van der Waals surface area contributed by atoms with Gasteiger partial charge in [0.2, 0.25) is 5.91 Å². The third-order valence-electron chi connectivity index (χ3n) is 2.67. The lowest BCUT2D eigenvalue weighted by molar-refractivity contribution is -0.118. The van der Waals surface area contributed by atoms with Crippen LogP contribution in [-0.2, 0) is 4.79 Å². The van der Waals surface area contributed by atoms with Crippen LogP contribution in [0, 0.1) is 12.8 Å². The third-order valence-corrected chi connectivity index (χ3v) is 2.67. The zero-order valence-corrected chi connectivity index (χ0v) is 10.4. The largest absolute Gasteiger partial charge is 0.486 e. The number of nitrogens with one attached hydrogen (secondary N) is 1. The molecule has 1 N–H and O–H groups in total. The van der Waals surface area contributed by atoms with Crippen molar-refractivity contribution >= 4 is 11.6 Å². The fourth-order valence-electron chi connectivity index (χ4n) is 1.60. The number of carbonyl (C=O) groups is 1. The highest BCUT2D eigenvalue weighted by molar-refractivity contribution is 5.93. The molecular formula is C13H17NO3. The molecule has 1 aliphatic rings. The molecule has 1 heterocycles. The predicted octanol–water partition coefficient (Wildman–Crippen LogP) is 2.36. The monoisotopic (exact) mass is 235 g/mol. The molecular weight excluding hydrogens is 218 g/mol. The van der Waals surface area contributed by atoms with Gasteiger partial charge in [-0.15, -0.1) is 0 Å². The van der Waals surface area contributed by atoms with Gasteiger partial charge >= 0.3 is 0 Å². The second-order valence-corrected chi connectivity index (χ2v) is 4.45. The lowest BCUT2D eigenvalue weighted by Crippen LogP contribution is -2.19. The number of rotatable bonds is 2. The van der Waals surface area contributed by atoms with Gasteiger partial charge in [0.25, 0.3) is 0 Å². The number of anilines is 1. The van der Waals surface area contributed by atoms with E-state index in [2.05, 4.69) is 5.32 Å². The van der Waals surface area contributed by atoms with Gasteiger partial charge in [-0.1, -0.05) is 13.8 Å². The summed E-state index contributed by atoms with van der Waals surface area (Å²) in [5.41, 5.74) is 1.76. The summed E-state index contributed by atoms with van der Waals surface area (Å²) in [6.45, 7) is 6.79. The summed E-state index contributed by atoms with van der Waals surface area (Å²) in [6, 6.07) is 3.72. The Labute approximate surface area is 101 Å². The first kappa shape index (κ1) is 11.8. The highest BCUT2D eigenvalue weighted by Gasteiger charge is 2.16. The van der Waals surface area contributed by atoms with Crippen LogP contribution in [-0.4, -0.2) is 19.1 Å². The average Bonchev–Trinajstić information content (AvgIpc) is 2.29. The van der Waals surface area contributed by atoms with E-state index in [1.54, 1.807) is 0 Å². The molecule has 0 spiro atoms. The molecule has 0 bridgehead atoms. The van der Waals surface area contributed by atoms with Gasteiger partial charge in [-0.25, -0.2) is 0 Å². The van der Waals surface area contributed by atoms with Gasteiger partial charge in [-0.2, -0.15) is 0 Å². The molecule has 0 aliphatic carbocycles. The molecule has 1 amide bonds. The van der Waals surface area contributed by atoms with Crippen LogP contribution in [0.15, 0.2) is 12.1 Å². The number of amides is 1. The van der Waals surface area contributed by atoms with Crippen molar-refractivity contribution in [3.8, 4) is 11.5 Å². The Morgan fingerprint density at radius 3 is 2.41 bits per heavy atom. The van der Waals surface area contributed by atoms with Crippen molar-refractivity contribution < 1.29 is 14.3 Å². The van der Waals surface area contributed by atoms with Gasteiger partial charge in [0.15, 0.2) is 11.5 Å². The van der Waals surface area contributed by atoms with Gasteiger partial charge in [-0.05, 0) is 18.6 Å². The zero-order chi connectivity index (χ0) is 12.4. The van der Waals surface area contributed by atoms with Crippen molar-refractivity contribution in [2.75, 3.05) is 18.5 Å². The van der Waals surface area contributed by atoms with E-state index in [4.69, 9.17) is 9.47 Å². The quantitative estimate of drug-likeness (QED) is 0.856. The van der Waals surface area contributed by atoms with Crippen LogP contribution in [0.3, 0.4) is 0 Å². The fraction of sp³-hybridized carbons (Fsp3) is 0.462. The lowest BCUT2D eigenvalue weighted by Gasteiger charge is -2.20. The molecule has 0 fully saturated rings. The Kier molecular flexibility index (Phi) is 3.22. The Bertz CT molecular complexity index is 441. The summed E-state index contributed by atoms with van der Waals surface area (Å²) in [5.74, 6) is 1.41. The van der Waals surface area contributed by atoms with Crippen LogP contribution in [0.2, 0.25) is 0 Å². The van der Waals surface area contributed by atoms with Crippen LogP contribution < -0.4 is 14.8 Å². The summed E-state index contributed by atoms with van der Waals surface area (Å²) in [4.78, 5) is 11.6. The normalized spacial score (nSPS) is 13.6. The maximum atomic E-state index is 11.6. The Balaban J connectivity index is 2.26. The van der Waals surface area contributed by atoms with Crippen molar-refractivity contribution in [2.24, 2.45) is 5.92 Å². The molecule has 0 radical (unpaired) electrons. The van der Waals surface area contributed by atoms with Gasteiger partial charge in [0.1, 0.15) is 13.2 Å². The van der Waals surface area contributed by atoms with E-state index in [-0.39, 0.29) is 11.8 Å². The molecule has 0 unspecified atom stereocenters. The first-order valence-corrected chi connectivity index (χ1v) is 5.79. The van der Waals surface area contributed by atoms with E-state index in [0.717, 1.165) is 17.0 Å². The van der Waals surface area contributed by atoms with E-state index in [0.29, 0.717) is 19.0 Å². The standard InChI is InChI=1S/C13H17NO3/c1-8(2)13(15)14-10-7-12-11(6-9(10)3)16-4-5-17-12/h6-8H,4-5H2,1-3H3,(H,14,15). The third kappa shape index (κ3) is 2.52. The van der Waals surface area contributed by atoms with E-state index in [1.165, 1.54) is 0 Å². The summed E-state index contributed by atoms with van der Waals surface area (Å²) >= 11 is 0. The number of ether oxygens (including phenoxy) is 2. The molecule has 92 valence electrons. The van der Waals surface area contributed by atoms with Crippen molar-refractivity contribution in [1.82, 2.24) is 0 Å². The number of aryl methyl sites for hydroxylation is 1. The number of carbonyl (C=O) groups excluding carboxylic acids is 1. The molecule has 0 saturated heterocycles. The molecule has 4 heteroatoms. The first-order chi connectivity index (χ1) is 8.08. The van der Waals surface area contributed by atoms with Gasteiger partial charge in [-0.3, -0.25) is 4.79 Å². The number of fused-ring (bicyclic) bond motifs is 1. The number of hydrogen-bond donors (Lipinski definition) is 1. The van der Waals surface area contributed by atoms with Gasteiger partial charge in [0.05, 0.1) is 0 Å². The van der Waals surface area contributed by atoms with Gasteiger partial charge in [0, 0.05) is 17.7 Å².